The predicted molar refractivity (Wildman–Crippen MR) is 109 cm³/mol. The molecule has 9 heteroatoms. The molecule has 0 radical (unpaired) electrons. The number of alkyl halides is 3. The summed E-state index contributed by atoms with van der Waals surface area (Å²) >= 11 is 0. The standard InChI is InChI=1S/C21H32F3N3O3/c1-2-25-20(26-9-5-10-28-15-19-8-4-11-30-19)27-13-17-6-3-7-18(12-17)14-29-16-21(22,23)24/h3,6-7,12,19H,2,4-5,8-11,13-16H2,1H3,(H2,25,26,27). The van der Waals surface area contributed by atoms with E-state index in [0.29, 0.717) is 31.3 Å². The van der Waals surface area contributed by atoms with Crippen molar-refractivity contribution in [1.29, 1.82) is 0 Å². The zero-order valence-corrected chi connectivity index (χ0v) is 17.5. The summed E-state index contributed by atoms with van der Waals surface area (Å²) in [6, 6.07) is 7.23. The Hall–Kier alpha value is -1.84. The zero-order valence-electron chi connectivity index (χ0n) is 17.5. The molecule has 1 fully saturated rings. The van der Waals surface area contributed by atoms with Crippen LogP contribution in [0.4, 0.5) is 13.2 Å². The van der Waals surface area contributed by atoms with Crippen molar-refractivity contribution in [2.75, 3.05) is 39.5 Å². The summed E-state index contributed by atoms with van der Waals surface area (Å²) in [4.78, 5) is 4.54. The van der Waals surface area contributed by atoms with Gasteiger partial charge in [0.2, 0.25) is 0 Å². The molecule has 0 amide bonds. The summed E-state index contributed by atoms with van der Waals surface area (Å²) in [5, 5.41) is 6.45. The first-order chi connectivity index (χ1) is 14.5. The minimum atomic E-state index is -4.32. The monoisotopic (exact) mass is 431 g/mol. The maximum absolute atomic E-state index is 12.2. The van der Waals surface area contributed by atoms with Gasteiger partial charge in [0.25, 0.3) is 0 Å². The molecule has 6 nitrogen and oxygen atoms in total. The Labute approximate surface area is 176 Å². The molecule has 170 valence electrons. The maximum Gasteiger partial charge on any atom is 0.411 e. The van der Waals surface area contributed by atoms with Gasteiger partial charge >= 0.3 is 6.18 Å². The number of hydrogen-bond acceptors (Lipinski definition) is 4. The molecule has 1 saturated heterocycles. The van der Waals surface area contributed by atoms with E-state index in [4.69, 9.17) is 14.2 Å². The molecule has 1 heterocycles. The van der Waals surface area contributed by atoms with E-state index < -0.39 is 12.8 Å². The van der Waals surface area contributed by atoms with E-state index in [-0.39, 0.29) is 12.7 Å². The normalized spacial score (nSPS) is 17.3. The summed E-state index contributed by atoms with van der Waals surface area (Å²) in [6.07, 6.45) is -1.04. The summed E-state index contributed by atoms with van der Waals surface area (Å²) in [6.45, 7) is 4.67. The van der Waals surface area contributed by atoms with Crippen LogP contribution in [0.1, 0.15) is 37.3 Å². The number of nitrogens with zero attached hydrogens (tertiary/aromatic N) is 1. The van der Waals surface area contributed by atoms with Gasteiger partial charge in [0.1, 0.15) is 6.61 Å². The van der Waals surface area contributed by atoms with Crippen molar-refractivity contribution < 1.29 is 27.4 Å². The van der Waals surface area contributed by atoms with Gasteiger partial charge in [-0.05, 0) is 37.3 Å². The quantitative estimate of drug-likeness (QED) is 0.302. The van der Waals surface area contributed by atoms with Crippen LogP contribution in [0.5, 0.6) is 0 Å². The molecule has 1 aromatic carbocycles. The van der Waals surface area contributed by atoms with Crippen LogP contribution in [-0.2, 0) is 27.4 Å². The van der Waals surface area contributed by atoms with E-state index in [9.17, 15) is 13.2 Å². The van der Waals surface area contributed by atoms with Gasteiger partial charge in [-0.2, -0.15) is 13.2 Å². The van der Waals surface area contributed by atoms with Crippen LogP contribution in [-0.4, -0.2) is 57.8 Å². The number of guanidine groups is 1. The number of hydrogen-bond donors (Lipinski definition) is 2. The fourth-order valence-electron chi connectivity index (χ4n) is 2.99. The third-order valence-electron chi connectivity index (χ3n) is 4.38. The number of aliphatic imine (C=N–C) groups is 1. The Kier molecular flexibility index (Phi) is 11.0. The van der Waals surface area contributed by atoms with E-state index >= 15 is 0 Å². The average molecular weight is 431 g/mol. The van der Waals surface area contributed by atoms with Gasteiger partial charge in [0.15, 0.2) is 5.96 Å². The lowest BCUT2D eigenvalue weighted by atomic mass is 10.1. The first kappa shape index (κ1) is 24.4. The van der Waals surface area contributed by atoms with Crippen LogP contribution in [0, 0.1) is 0 Å². The molecule has 2 N–H and O–H groups in total. The van der Waals surface area contributed by atoms with Gasteiger partial charge in [0, 0.05) is 26.3 Å². The summed E-state index contributed by atoms with van der Waals surface area (Å²) in [7, 11) is 0. The molecule has 2 rings (SSSR count). The highest BCUT2D eigenvalue weighted by molar-refractivity contribution is 5.79. The minimum Gasteiger partial charge on any atom is -0.379 e. The number of rotatable bonds is 12. The van der Waals surface area contributed by atoms with E-state index in [0.717, 1.165) is 44.5 Å². The van der Waals surface area contributed by atoms with Gasteiger partial charge in [-0.3, -0.25) is 0 Å². The molecule has 0 aromatic heterocycles. The van der Waals surface area contributed by atoms with Crippen molar-refractivity contribution in [1.82, 2.24) is 10.6 Å². The van der Waals surface area contributed by atoms with Crippen LogP contribution >= 0.6 is 0 Å². The number of benzene rings is 1. The lowest BCUT2D eigenvalue weighted by Crippen LogP contribution is -2.38. The van der Waals surface area contributed by atoms with Crippen LogP contribution in [0.15, 0.2) is 29.3 Å². The molecule has 30 heavy (non-hydrogen) atoms. The van der Waals surface area contributed by atoms with Gasteiger partial charge in [-0.15, -0.1) is 0 Å². The molecule has 0 saturated carbocycles. The second-order valence-corrected chi connectivity index (χ2v) is 7.11. The summed E-state index contributed by atoms with van der Waals surface area (Å²) in [5.41, 5.74) is 1.59. The number of halogens is 3. The van der Waals surface area contributed by atoms with Crippen molar-refractivity contribution >= 4 is 5.96 Å². The minimum absolute atomic E-state index is 0.0821. The largest absolute Gasteiger partial charge is 0.411 e. The maximum atomic E-state index is 12.2. The third-order valence-corrected chi connectivity index (χ3v) is 4.38. The molecule has 1 atom stereocenters. The topological polar surface area (TPSA) is 64.1 Å². The SMILES string of the molecule is CCNC(=NCc1cccc(COCC(F)(F)F)c1)NCCCOCC1CCCO1. The number of ether oxygens (including phenoxy) is 3. The van der Waals surface area contributed by atoms with Gasteiger partial charge < -0.3 is 24.8 Å². The third kappa shape index (κ3) is 10.8. The smallest absolute Gasteiger partial charge is 0.379 e. The van der Waals surface area contributed by atoms with Crippen LogP contribution in [0.3, 0.4) is 0 Å². The highest BCUT2D eigenvalue weighted by Gasteiger charge is 2.27. The fraction of sp³-hybridized carbons (Fsp3) is 0.667. The average Bonchev–Trinajstić information content (AvgIpc) is 3.21. The molecule has 1 aliphatic rings. The first-order valence-electron chi connectivity index (χ1n) is 10.4. The van der Waals surface area contributed by atoms with Crippen LogP contribution < -0.4 is 10.6 Å². The molecular weight excluding hydrogens is 399 g/mol. The van der Waals surface area contributed by atoms with E-state index in [1.807, 2.05) is 19.1 Å². The molecule has 1 unspecified atom stereocenters. The molecule has 1 aliphatic heterocycles. The lowest BCUT2D eigenvalue weighted by Gasteiger charge is -2.13. The molecule has 1 aromatic rings. The van der Waals surface area contributed by atoms with Gasteiger partial charge in [-0.25, -0.2) is 4.99 Å². The summed E-state index contributed by atoms with van der Waals surface area (Å²) in [5.74, 6) is 0.690. The molecular formula is C21H32F3N3O3. The Morgan fingerprint density at radius 3 is 2.80 bits per heavy atom. The fourth-order valence-corrected chi connectivity index (χ4v) is 2.99. The van der Waals surface area contributed by atoms with Crippen molar-refractivity contribution in [2.24, 2.45) is 4.99 Å². The second-order valence-electron chi connectivity index (χ2n) is 7.11. The highest BCUT2D eigenvalue weighted by Crippen LogP contribution is 2.16. The first-order valence-corrected chi connectivity index (χ1v) is 10.4. The Bertz CT molecular complexity index is 635. The Morgan fingerprint density at radius 1 is 1.23 bits per heavy atom. The predicted octanol–water partition coefficient (Wildman–Crippen LogP) is 3.41. The lowest BCUT2D eigenvalue weighted by molar-refractivity contribution is -0.176. The highest BCUT2D eigenvalue weighted by atomic mass is 19.4. The van der Waals surface area contributed by atoms with E-state index in [2.05, 4.69) is 15.6 Å². The van der Waals surface area contributed by atoms with Crippen molar-refractivity contribution in [3.05, 3.63) is 35.4 Å². The van der Waals surface area contributed by atoms with Crippen molar-refractivity contribution in [3.63, 3.8) is 0 Å². The van der Waals surface area contributed by atoms with Crippen LogP contribution in [0.2, 0.25) is 0 Å². The molecule has 0 aliphatic carbocycles. The van der Waals surface area contributed by atoms with Crippen LogP contribution in [0.25, 0.3) is 0 Å². The molecule has 0 spiro atoms. The Morgan fingerprint density at radius 2 is 2.07 bits per heavy atom. The van der Waals surface area contributed by atoms with Gasteiger partial charge in [-0.1, -0.05) is 24.3 Å². The summed E-state index contributed by atoms with van der Waals surface area (Å²) < 4.78 is 52.5. The second kappa shape index (κ2) is 13.5. The molecule has 0 bridgehead atoms. The van der Waals surface area contributed by atoms with E-state index in [1.165, 1.54) is 0 Å². The van der Waals surface area contributed by atoms with Crippen molar-refractivity contribution in [3.8, 4) is 0 Å². The van der Waals surface area contributed by atoms with E-state index in [1.54, 1.807) is 12.1 Å². The van der Waals surface area contributed by atoms with Crippen molar-refractivity contribution in [2.45, 2.75) is 51.6 Å². The zero-order chi connectivity index (χ0) is 21.7. The van der Waals surface area contributed by atoms with Gasteiger partial charge in [0.05, 0.1) is 25.9 Å². The number of nitrogens with one attached hydrogen (secondary N) is 2. The Balaban J connectivity index is 1.70.